The summed E-state index contributed by atoms with van der Waals surface area (Å²) in [6.45, 7) is -3.36. The number of nitrogens with zero attached hydrogens (tertiary/aromatic N) is 1. The second kappa shape index (κ2) is 5.73. The molecule has 1 aromatic carbocycles. The third-order valence-electron chi connectivity index (χ3n) is 2.23. The summed E-state index contributed by atoms with van der Waals surface area (Å²) in [5.41, 5.74) is -3.19. The molecule has 0 atom stereocenters. The molecule has 0 saturated carbocycles. The Morgan fingerprint density at radius 1 is 1.40 bits per heavy atom. The highest BCUT2D eigenvalue weighted by atomic mass is 19.4. The Bertz CT molecular complexity index is 562. The van der Waals surface area contributed by atoms with Crippen molar-refractivity contribution in [3.8, 4) is 11.8 Å². The van der Waals surface area contributed by atoms with Gasteiger partial charge in [0.1, 0.15) is 11.8 Å². The molecule has 0 bridgehead atoms. The van der Waals surface area contributed by atoms with E-state index in [1.54, 1.807) is 0 Å². The molecule has 1 N–H and O–H groups in total. The lowest BCUT2D eigenvalue weighted by Crippen LogP contribution is -2.14. The molecular weight excluding hydrogens is 289 g/mol. The van der Waals surface area contributed by atoms with Crippen LogP contribution in [0.3, 0.4) is 0 Å². The molecule has 20 heavy (non-hydrogen) atoms. The van der Waals surface area contributed by atoms with Gasteiger partial charge >= 0.3 is 18.8 Å². The van der Waals surface area contributed by atoms with Crippen LogP contribution in [-0.4, -0.2) is 17.7 Å². The first kappa shape index (κ1) is 15.7. The van der Waals surface area contributed by atoms with Gasteiger partial charge in [-0.15, -0.1) is 0 Å². The van der Waals surface area contributed by atoms with Gasteiger partial charge in [0.15, 0.2) is 0 Å². The predicted octanol–water partition coefficient (Wildman–Crippen LogP) is 2.81. The maximum absolute atomic E-state index is 12.7. The highest BCUT2D eigenvalue weighted by Gasteiger charge is 2.36. The number of hydrogen-bond acceptors (Lipinski definition) is 3. The van der Waals surface area contributed by atoms with Gasteiger partial charge in [-0.25, -0.2) is 0 Å². The molecule has 0 spiro atoms. The number of ether oxygens (including phenoxy) is 1. The summed E-state index contributed by atoms with van der Waals surface area (Å²) in [7, 11) is 0. The van der Waals surface area contributed by atoms with Crippen LogP contribution in [0.4, 0.5) is 22.0 Å². The highest BCUT2D eigenvalue weighted by Crippen LogP contribution is 2.37. The van der Waals surface area contributed by atoms with Gasteiger partial charge in [-0.1, -0.05) is 0 Å². The number of carbonyl (C=O) groups is 1. The number of alkyl halides is 5. The van der Waals surface area contributed by atoms with Crippen LogP contribution in [0.15, 0.2) is 12.1 Å². The van der Waals surface area contributed by atoms with E-state index < -0.39 is 47.6 Å². The quantitative estimate of drug-likeness (QED) is 0.867. The van der Waals surface area contributed by atoms with Crippen LogP contribution in [0, 0.1) is 11.3 Å². The summed E-state index contributed by atoms with van der Waals surface area (Å²) in [5, 5.41) is 17.4. The number of halogens is 5. The summed E-state index contributed by atoms with van der Waals surface area (Å²) >= 11 is 0. The van der Waals surface area contributed by atoms with Crippen molar-refractivity contribution in [2.75, 3.05) is 0 Å². The van der Waals surface area contributed by atoms with Gasteiger partial charge in [-0.05, 0) is 12.1 Å². The monoisotopic (exact) mass is 295 g/mol. The molecule has 0 aliphatic carbocycles. The Morgan fingerprint density at radius 3 is 2.40 bits per heavy atom. The lowest BCUT2D eigenvalue weighted by Gasteiger charge is -2.15. The molecule has 0 aliphatic rings. The van der Waals surface area contributed by atoms with E-state index in [4.69, 9.17) is 10.4 Å². The molecule has 9 heteroatoms. The molecule has 4 nitrogen and oxygen atoms in total. The summed E-state index contributed by atoms with van der Waals surface area (Å²) in [6, 6.07) is 2.14. The van der Waals surface area contributed by atoms with E-state index in [0.717, 1.165) is 0 Å². The van der Waals surface area contributed by atoms with E-state index in [0.29, 0.717) is 12.1 Å². The zero-order valence-electron chi connectivity index (χ0n) is 9.54. The second-order valence-corrected chi connectivity index (χ2v) is 3.52. The zero-order chi connectivity index (χ0) is 15.5. The minimum atomic E-state index is -4.92. The SMILES string of the molecule is N#Cc1c(C(F)(F)F)ccc(OC(F)F)c1CC(=O)O. The fourth-order valence-electron chi connectivity index (χ4n) is 1.53. The molecule has 0 aromatic heterocycles. The minimum absolute atomic E-state index is 0.390. The maximum atomic E-state index is 12.7. The third kappa shape index (κ3) is 3.57. The van der Waals surface area contributed by atoms with Crippen molar-refractivity contribution < 1.29 is 36.6 Å². The van der Waals surface area contributed by atoms with E-state index in [2.05, 4.69) is 4.74 Å². The average molecular weight is 295 g/mol. The lowest BCUT2D eigenvalue weighted by atomic mass is 9.98. The summed E-state index contributed by atoms with van der Waals surface area (Å²) in [5.74, 6) is -2.35. The second-order valence-electron chi connectivity index (χ2n) is 3.52. The van der Waals surface area contributed by atoms with Crippen molar-refractivity contribution in [3.63, 3.8) is 0 Å². The highest BCUT2D eigenvalue weighted by molar-refractivity contribution is 5.73. The number of aliphatic carboxylic acids is 1. The van der Waals surface area contributed by atoms with Crippen LogP contribution in [0.2, 0.25) is 0 Å². The number of carboxylic acids is 1. The van der Waals surface area contributed by atoms with Gasteiger partial charge < -0.3 is 9.84 Å². The molecule has 0 amide bonds. The van der Waals surface area contributed by atoms with Crippen LogP contribution < -0.4 is 4.74 Å². The van der Waals surface area contributed by atoms with Crippen LogP contribution in [-0.2, 0) is 17.4 Å². The van der Waals surface area contributed by atoms with Crippen molar-refractivity contribution in [2.45, 2.75) is 19.2 Å². The van der Waals surface area contributed by atoms with Crippen LogP contribution >= 0.6 is 0 Å². The van der Waals surface area contributed by atoms with Gasteiger partial charge in [0.05, 0.1) is 17.5 Å². The van der Waals surface area contributed by atoms with Crippen LogP contribution in [0.1, 0.15) is 16.7 Å². The molecule has 0 aliphatic heterocycles. The molecule has 0 radical (unpaired) electrons. The topological polar surface area (TPSA) is 70.3 Å². The molecule has 0 saturated heterocycles. The molecule has 108 valence electrons. The molecular formula is C11H6F5NO3. The Morgan fingerprint density at radius 2 is 2.00 bits per heavy atom. The normalized spacial score (nSPS) is 11.2. The first-order valence-corrected chi connectivity index (χ1v) is 4.96. The zero-order valence-corrected chi connectivity index (χ0v) is 9.54. The van der Waals surface area contributed by atoms with Gasteiger partial charge in [-0.3, -0.25) is 4.79 Å². The summed E-state index contributed by atoms with van der Waals surface area (Å²) in [6.07, 6.45) is -5.96. The molecule has 0 fully saturated rings. The molecule has 1 rings (SSSR count). The van der Waals surface area contributed by atoms with Crippen molar-refractivity contribution >= 4 is 5.97 Å². The Hall–Kier alpha value is -2.37. The Balaban J connectivity index is 3.51. The van der Waals surface area contributed by atoms with Crippen LogP contribution in [0.25, 0.3) is 0 Å². The van der Waals surface area contributed by atoms with Gasteiger partial charge in [0.2, 0.25) is 0 Å². The first-order valence-electron chi connectivity index (χ1n) is 4.96. The lowest BCUT2D eigenvalue weighted by molar-refractivity contribution is -0.139. The fourth-order valence-corrected chi connectivity index (χ4v) is 1.53. The van der Waals surface area contributed by atoms with Crippen molar-refractivity contribution in [3.05, 3.63) is 28.8 Å². The van der Waals surface area contributed by atoms with E-state index in [1.807, 2.05) is 0 Å². The Labute approximate surface area is 109 Å². The van der Waals surface area contributed by atoms with Crippen molar-refractivity contribution in [1.82, 2.24) is 0 Å². The predicted molar refractivity (Wildman–Crippen MR) is 54.1 cm³/mol. The first-order chi connectivity index (χ1) is 9.16. The van der Waals surface area contributed by atoms with Crippen molar-refractivity contribution in [1.29, 1.82) is 5.26 Å². The van der Waals surface area contributed by atoms with Gasteiger partial charge in [-0.2, -0.15) is 27.2 Å². The number of nitriles is 1. The average Bonchev–Trinajstić information content (AvgIpc) is 2.28. The van der Waals surface area contributed by atoms with E-state index in [9.17, 15) is 26.7 Å². The number of benzene rings is 1. The van der Waals surface area contributed by atoms with E-state index in [-0.39, 0.29) is 0 Å². The Kier molecular flexibility index (Phi) is 4.49. The van der Waals surface area contributed by atoms with E-state index in [1.165, 1.54) is 6.07 Å². The van der Waals surface area contributed by atoms with E-state index >= 15 is 0 Å². The maximum Gasteiger partial charge on any atom is 0.417 e. The molecule has 1 aromatic rings. The molecule has 0 unspecified atom stereocenters. The third-order valence-corrected chi connectivity index (χ3v) is 2.23. The molecule has 0 heterocycles. The van der Waals surface area contributed by atoms with Crippen molar-refractivity contribution in [2.24, 2.45) is 0 Å². The standard InChI is InChI=1S/C11H6F5NO3/c12-10(13)20-8-2-1-7(11(14,15)16)6(4-17)5(8)3-9(18)19/h1-2,10H,3H2,(H,18,19). The fraction of sp³-hybridized carbons (Fsp3) is 0.273. The van der Waals surface area contributed by atoms with Gasteiger partial charge in [0.25, 0.3) is 0 Å². The summed E-state index contributed by atoms with van der Waals surface area (Å²) < 4.78 is 66.2. The largest absolute Gasteiger partial charge is 0.481 e. The van der Waals surface area contributed by atoms with Gasteiger partial charge in [0, 0.05) is 5.56 Å². The number of hydrogen-bond donors (Lipinski definition) is 1. The summed E-state index contributed by atoms with van der Waals surface area (Å²) in [4.78, 5) is 10.6. The van der Waals surface area contributed by atoms with Crippen LogP contribution in [0.5, 0.6) is 5.75 Å². The number of rotatable bonds is 4. The number of carboxylic acid groups (broad SMARTS) is 1. The smallest absolute Gasteiger partial charge is 0.417 e. The minimum Gasteiger partial charge on any atom is -0.481 e.